The van der Waals surface area contributed by atoms with Gasteiger partial charge in [-0.3, -0.25) is 4.90 Å². The van der Waals surface area contributed by atoms with E-state index in [9.17, 15) is 26.8 Å². The number of H-pyrrole nitrogens is 1. The maximum atomic E-state index is 13.9. The molecule has 0 amide bonds. The first-order chi connectivity index (χ1) is 26.9. The number of carbonyl (C=O) groups excluding carboxylic acids is 2. The van der Waals surface area contributed by atoms with Gasteiger partial charge >= 0.3 is 18.6 Å². The number of ether oxygens (including phenoxy) is 4. The maximum Gasteiger partial charge on any atom is 0.387 e. The third-order valence-electron chi connectivity index (χ3n) is 10.2. The second kappa shape index (κ2) is 18.5. The molecule has 3 aromatic carbocycles. The van der Waals surface area contributed by atoms with E-state index in [2.05, 4.69) is 14.6 Å². The smallest absolute Gasteiger partial charge is 0.387 e. The zero-order valence-electron chi connectivity index (χ0n) is 30.5. The zero-order valence-corrected chi connectivity index (χ0v) is 32.8. The molecular formula is C40H41Cl2F2N3O9S. The van der Waals surface area contributed by atoms with Gasteiger partial charge in [0, 0.05) is 18.5 Å². The number of rotatable bonds is 16. The van der Waals surface area contributed by atoms with Crippen molar-refractivity contribution in [2.45, 2.75) is 61.9 Å². The van der Waals surface area contributed by atoms with E-state index in [4.69, 9.17) is 42.1 Å². The number of aromatic amines is 1. The standard InChI is InChI=1S/C40H39Cl2F2N3O8S.H2O/c41-31-20-45-21-32(42)30(31)19-34(27-11-12-33(55-40(43)44)35(18-27)52-23-24-9-10-24)53-38(48)28-7-4-8-29(17-28)56(50,51)46-37(26-5-2-1-3-6-26)39(49)54-36-22-47-15-13-25(36)14-16-47;/h1-8,11-12,17-18,20-21,24-25,34,36-37,40,46H,9-10,13-16,19,22-23H2;1H2/t34-,36-,37?;/m0./s1. The van der Waals surface area contributed by atoms with E-state index in [-0.39, 0.29) is 62.5 Å². The number of carbonyl (C=O) groups is 2. The number of sulfonamides is 1. The molecule has 2 bridgehead atoms. The lowest BCUT2D eigenvalue weighted by Crippen LogP contribution is -2.52. The lowest BCUT2D eigenvalue weighted by Gasteiger charge is -2.44. The Morgan fingerprint density at radius 2 is 1.61 bits per heavy atom. The van der Waals surface area contributed by atoms with Crippen molar-refractivity contribution < 1.29 is 56.2 Å². The van der Waals surface area contributed by atoms with Crippen LogP contribution in [0.4, 0.5) is 8.78 Å². The van der Waals surface area contributed by atoms with Gasteiger partial charge in [0.15, 0.2) is 23.9 Å². The number of esters is 2. The molecule has 3 saturated heterocycles. The maximum absolute atomic E-state index is 13.9. The highest BCUT2D eigenvalue weighted by Gasteiger charge is 2.39. The molecule has 1 aliphatic carbocycles. The zero-order chi connectivity index (χ0) is 39.4. The van der Waals surface area contributed by atoms with E-state index in [1.165, 1.54) is 48.8 Å². The van der Waals surface area contributed by atoms with Crippen LogP contribution < -0.4 is 19.2 Å². The van der Waals surface area contributed by atoms with E-state index in [1.807, 2.05) is 0 Å². The van der Waals surface area contributed by atoms with E-state index in [0.717, 1.165) is 44.8 Å². The summed E-state index contributed by atoms with van der Waals surface area (Å²) in [5.41, 5.74) is 1.05. The van der Waals surface area contributed by atoms with Crippen LogP contribution in [-0.4, -0.2) is 69.7 Å². The summed E-state index contributed by atoms with van der Waals surface area (Å²) in [4.78, 5) is 32.3. The molecule has 4 heterocycles. The molecule has 0 spiro atoms. The average molecular weight is 849 g/mol. The van der Waals surface area contributed by atoms with Crippen LogP contribution in [-0.2, 0) is 30.7 Å². The first kappa shape index (κ1) is 42.2. The van der Waals surface area contributed by atoms with Crippen LogP contribution in [0.3, 0.4) is 0 Å². The second-order valence-corrected chi connectivity index (χ2v) is 16.7. The van der Waals surface area contributed by atoms with Crippen LogP contribution in [0.1, 0.15) is 64.9 Å². The summed E-state index contributed by atoms with van der Waals surface area (Å²) in [6.45, 7) is -0.333. The Bertz CT molecular complexity index is 2140. The molecule has 3 N–H and O–H groups in total. The molecule has 17 heteroatoms. The Hall–Kier alpha value is -4.38. The summed E-state index contributed by atoms with van der Waals surface area (Å²) in [6, 6.07) is 16.5. The van der Waals surface area contributed by atoms with Gasteiger partial charge < -0.3 is 24.4 Å². The largest absolute Gasteiger partial charge is 0.870 e. The van der Waals surface area contributed by atoms with Gasteiger partial charge in [-0.15, -0.1) is 0 Å². The number of hydrogen-bond acceptors (Lipinski definition) is 10. The molecule has 3 aliphatic heterocycles. The number of nitrogens with one attached hydrogen (secondary N) is 2. The van der Waals surface area contributed by atoms with Crippen molar-refractivity contribution in [3.63, 3.8) is 0 Å². The van der Waals surface area contributed by atoms with Gasteiger partial charge in [0.05, 0.1) is 17.1 Å². The number of aromatic nitrogens is 1. The number of piperidine rings is 3. The molecule has 3 atom stereocenters. The van der Waals surface area contributed by atoms with Crippen LogP contribution in [0.15, 0.2) is 90.1 Å². The monoisotopic (exact) mass is 847 g/mol. The van der Waals surface area contributed by atoms with Gasteiger partial charge in [-0.05, 0) is 92.1 Å². The number of nitrogens with zero attached hydrogens (tertiary/aromatic N) is 1. The molecule has 57 heavy (non-hydrogen) atoms. The van der Waals surface area contributed by atoms with Crippen molar-refractivity contribution in [3.05, 3.63) is 117 Å². The molecular weight excluding hydrogens is 807 g/mol. The molecule has 4 aromatic rings. The number of halogens is 4. The van der Waals surface area contributed by atoms with Crippen molar-refractivity contribution >= 4 is 45.2 Å². The molecule has 8 rings (SSSR count). The number of hydrogen-bond donors (Lipinski definition) is 1. The van der Waals surface area contributed by atoms with Gasteiger partial charge in [-0.25, -0.2) is 23.0 Å². The molecule has 4 aliphatic rings. The van der Waals surface area contributed by atoms with Crippen LogP contribution in [0.25, 0.3) is 0 Å². The lowest BCUT2D eigenvalue weighted by molar-refractivity contribution is -0.377. The molecule has 12 nitrogen and oxygen atoms in total. The molecule has 4 fully saturated rings. The summed E-state index contributed by atoms with van der Waals surface area (Å²) in [7, 11) is -4.43. The first-order valence-electron chi connectivity index (χ1n) is 18.3. The SMILES string of the molecule is O=C(O[C@@H](Cc1c(Cl)c[nH+]cc1Cl)c1ccc(OC(F)F)c(OCC2CC2)c1)c1cccc(S(=O)(=O)NC(C(=O)O[C@H]2CN3CCC2CC3)c2ccccc2)c1.[OH-]. The normalized spacial score (nSPS) is 19.9. The van der Waals surface area contributed by atoms with Crippen molar-refractivity contribution in [3.8, 4) is 11.5 Å². The summed E-state index contributed by atoms with van der Waals surface area (Å²) in [6.07, 6.45) is 5.22. The molecule has 1 saturated carbocycles. The third-order valence-corrected chi connectivity index (χ3v) is 12.3. The Kier molecular flexibility index (Phi) is 13.7. The van der Waals surface area contributed by atoms with Crippen molar-refractivity contribution in [2.75, 3.05) is 26.2 Å². The van der Waals surface area contributed by atoms with Gasteiger partial charge in [0.2, 0.25) is 10.0 Å². The minimum atomic E-state index is -4.43. The van der Waals surface area contributed by atoms with Gasteiger partial charge in [-0.1, -0.05) is 65.7 Å². The number of alkyl halides is 2. The first-order valence-corrected chi connectivity index (χ1v) is 20.5. The Labute approximate surface area is 338 Å². The Balaban J connectivity index is 0.00000549. The predicted molar refractivity (Wildman–Crippen MR) is 203 cm³/mol. The van der Waals surface area contributed by atoms with E-state index in [1.54, 1.807) is 30.3 Å². The minimum Gasteiger partial charge on any atom is -0.870 e. The fourth-order valence-corrected chi connectivity index (χ4v) is 8.73. The van der Waals surface area contributed by atoms with Crippen LogP contribution in [0, 0.1) is 11.8 Å². The van der Waals surface area contributed by atoms with E-state index in [0.29, 0.717) is 29.2 Å². The van der Waals surface area contributed by atoms with Crippen LogP contribution in [0.2, 0.25) is 10.0 Å². The summed E-state index contributed by atoms with van der Waals surface area (Å²) < 4.78 is 79.5. The fraction of sp³-hybridized carbons (Fsp3) is 0.375. The summed E-state index contributed by atoms with van der Waals surface area (Å²) in [5, 5.41) is 0.501. The van der Waals surface area contributed by atoms with E-state index >= 15 is 0 Å². The second-order valence-electron chi connectivity index (χ2n) is 14.2. The number of fused-ring (bicyclic) bond motifs is 3. The van der Waals surface area contributed by atoms with Gasteiger partial charge in [0.25, 0.3) is 0 Å². The van der Waals surface area contributed by atoms with Gasteiger partial charge in [0.1, 0.15) is 28.3 Å². The summed E-state index contributed by atoms with van der Waals surface area (Å²) >= 11 is 13.0. The predicted octanol–water partition coefficient (Wildman–Crippen LogP) is 6.82. The summed E-state index contributed by atoms with van der Waals surface area (Å²) in [5.74, 6) is -1.28. The highest BCUT2D eigenvalue weighted by molar-refractivity contribution is 7.89. The van der Waals surface area contributed by atoms with E-state index < -0.39 is 40.7 Å². The van der Waals surface area contributed by atoms with Gasteiger partial charge in [-0.2, -0.15) is 13.5 Å². The van der Waals surface area contributed by atoms with Crippen LogP contribution >= 0.6 is 23.2 Å². The Morgan fingerprint density at radius 1 is 0.895 bits per heavy atom. The average Bonchev–Trinajstić information content (AvgIpc) is 4.03. The molecule has 304 valence electrons. The highest BCUT2D eigenvalue weighted by atomic mass is 35.5. The minimum absolute atomic E-state index is 0. The van der Waals surface area contributed by atoms with Crippen molar-refractivity contribution in [1.29, 1.82) is 0 Å². The number of benzene rings is 3. The van der Waals surface area contributed by atoms with Crippen molar-refractivity contribution in [1.82, 2.24) is 9.62 Å². The Morgan fingerprint density at radius 3 is 2.26 bits per heavy atom. The molecule has 0 radical (unpaired) electrons. The van der Waals surface area contributed by atoms with Crippen molar-refractivity contribution in [2.24, 2.45) is 11.8 Å². The van der Waals surface area contributed by atoms with Crippen LogP contribution in [0.5, 0.6) is 11.5 Å². The number of pyridine rings is 1. The molecule has 1 aromatic heterocycles. The highest BCUT2D eigenvalue weighted by Crippen LogP contribution is 2.38. The third kappa shape index (κ3) is 10.6. The molecule has 1 unspecified atom stereocenters. The topological polar surface area (TPSA) is 165 Å². The fourth-order valence-electron chi connectivity index (χ4n) is 6.98. The quantitative estimate of drug-likeness (QED) is 0.118. The lowest BCUT2D eigenvalue weighted by atomic mass is 9.86.